The van der Waals surface area contributed by atoms with E-state index in [2.05, 4.69) is 10.3 Å². The van der Waals surface area contributed by atoms with Crippen molar-refractivity contribution in [3.05, 3.63) is 27.4 Å². The Balaban J connectivity index is 2.21. The van der Waals surface area contributed by atoms with Crippen molar-refractivity contribution in [3.8, 4) is 0 Å². The molecule has 0 aromatic carbocycles. The molecular weight excluding hydrogens is 250 g/mol. The van der Waals surface area contributed by atoms with Gasteiger partial charge in [-0.3, -0.25) is 10.1 Å². The first-order valence-electron chi connectivity index (χ1n) is 4.81. The molecule has 1 unspecified atom stereocenters. The van der Waals surface area contributed by atoms with Crippen molar-refractivity contribution in [1.82, 2.24) is 4.98 Å². The number of thioether (sulfide) groups is 1. The Hall–Kier alpha value is -1.01. The minimum Gasteiger partial charge on any atom is -0.361 e. The van der Waals surface area contributed by atoms with E-state index in [4.69, 9.17) is 11.6 Å². The van der Waals surface area contributed by atoms with E-state index in [9.17, 15) is 10.1 Å². The van der Waals surface area contributed by atoms with Gasteiger partial charge in [0.25, 0.3) is 0 Å². The molecule has 0 amide bonds. The highest BCUT2D eigenvalue weighted by Crippen LogP contribution is 2.28. The van der Waals surface area contributed by atoms with Crippen LogP contribution in [-0.2, 0) is 0 Å². The van der Waals surface area contributed by atoms with Crippen molar-refractivity contribution in [3.63, 3.8) is 0 Å². The maximum Gasteiger partial charge on any atom is 0.312 e. The third-order valence-electron chi connectivity index (χ3n) is 2.30. The first-order chi connectivity index (χ1) is 7.66. The largest absolute Gasteiger partial charge is 0.361 e. The molecule has 0 spiro atoms. The number of aromatic nitrogens is 1. The molecule has 2 heterocycles. The molecule has 1 aromatic heterocycles. The third kappa shape index (κ3) is 2.56. The van der Waals surface area contributed by atoms with Crippen molar-refractivity contribution < 1.29 is 4.92 Å². The number of nitrogens with one attached hydrogen (secondary N) is 1. The summed E-state index contributed by atoms with van der Waals surface area (Å²) in [6.45, 7) is 0. The molecule has 0 radical (unpaired) electrons. The molecule has 1 atom stereocenters. The standard InChI is InChI=1S/C9H10ClN3O2S/c10-6-3-8(13(14)15)9(11-4-6)12-7-1-2-16-5-7/h3-4,7H,1-2,5H2,(H,11,12). The highest BCUT2D eigenvalue weighted by atomic mass is 35.5. The predicted octanol–water partition coefficient (Wildman–Crippen LogP) is 2.56. The number of nitro groups is 1. The zero-order valence-corrected chi connectivity index (χ0v) is 9.92. The molecular formula is C9H10ClN3O2S. The fourth-order valence-corrected chi connectivity index (χ4v) is 2.83. The maximum absolute atomic E-state index is 10.8. The van der Waals surface area contributed by atoms with Gasteiger partial charge in [0.05, 0.1) is 9.95 Å². The lowest BCUT2D eigenvalue weighted by Gasteiger charge is -2.11. The molecule has 2 rings (SSSR count). The molecule has 1 aliphatic heterocycles. The van der Waals surface area contributed by atoms with E-state index in [-0.39, 0.29) is 16.8 Å². The fraction of sp³-hybridized carbons (Fsp3) is 0.444. The van der Waals surface area contributed by atoms with E-state index in [1.807, 2.05) is 11.8 Å². The van der Waals surface area contributed by atoms with Gasteiger partial charge in [-0.1, -0.05) is 11.6 Å². The summed E-state index contributed by atoms with van der Waals surface area (Å²) in [6.07, 6.45) is 2.42. The van der Waals surface area contributed by atoms with Gasteiger partial charge in [-0.25, -0.2) is 4.98 Å². The Morgan fingerprint density at radius 1 is 1.69 bits per heavy atom. The number of pyridine rings is 1. The Bertz CT molecular complexity index is 410. The van der Waals surface area contributed by atoms with Crippen LogP contribution in [0.25, 0.3) is 0 Å². The lowest BCUT2D eigenvalue weighted by atomic mass is 10.2. The lowest BCUT2D eigenvalue weighted by molar-refractivity contribution is -0.384. The summed E-state index contributed by atoms with van der Waals surface area (Å²) >= 11 is 7.51. The van der Waals surface area contributed by atoms with Gasteiger partial charge in [0.15, 0.2) is 0 Å². The summed E-state index contributed by atoms with van der Waals surface area (Å²) in [5.41, 5.74) is -0.0654. The van der Waals surface area contributed by atoms with E-state index in [0.29, 0.717) is 5.82 Å². The van der Waals surface area contributed by atoms with Gasteiger partial charge in [-0.05, 0) is 12.2 Å². The molecule has 1 saturated heterocycles. The first kappa shape index (κ1) is 11.5. The van der Waals surface area contributed by atoms with Crippen LogP contribution in [0.3, 0.4) is 0 Å². The van der Waals surface area contributed by atoms with Gasteiger partial charge in [0.2, 0.25) is 5.82 Å². The molecule has 1 N–H and O–H groups in total. The van der Waals surface area contributed by atoms with Crippen LogP contribution in [0, 0.1) is 10.1 Å². The van der Waals surface area contributed by atoms with Crippen LogP contribution in [-0.4, -0.2) is 27.5 Å². The average molecular weight is 260 g/mol. The van der Waals surface area contributed by atoms with Gasteiger partial charge >= 0.3 is 5.69 Å². The van der Waals surface area contributed by atoms with E-state index < -0.39 is 4.92 Å². The molecule has 1 aromatic rings. The van der Waals surface area contributed by atoms with Gasteiger partial charge in [-0.2, -0.15) is 11.8 Å². The summed E-state index contributed by atoms with van der Waals surface area (Å²) in [7, 11) is 0. The number of rotatable bonds is 3. The Kier molecular flexibility index (Phi) is 3.50. The van der Waals surface area contributed by atoms with Crippen molar-refractivity contribution >= 4 is 34.9 Å². The van der Waals surface area contributed by atoms with Crippen LogP contribution in [0.1, 0.15) is 6.42 Å². The van der Waals surface area contributed by atoms with E-state index in [1.165, 1.54) is 12.3 Å². The highest BCUT2D eigenvalue weighted by Gasteiger charge is 2.21. The van der Waals surface area contributed by atoms with E-state index in [0.717, 1.165) is 17.9 Å². The summed E-state index contributed by atoms with van der Waals surface area (Å²) in [6, 6.07) is 1.58. The number of hydrogen-bond donors (Lipinski definition) is 1. The zero-order chi connectivity index (χ0) is 11.5. The maximum atomic E-state index is 10.8. The van der Waals surface area contributed by atoms with Gasteiger partial charge in [-0.15, -0.1) is 0 Å². The number of anilines is 1. The molecule has 1 aliphatic rings. The summed E-state index contributed by atoms with van der Waals surface area (Å²) < 4.78 is 0. The number of hydrogen-bond acceptors (Lipinski definition) is 5. The smallest absolute Gasteiger partial charge is 0.312 e. The molecule has 7 heteroatoms. The number of halogens is 1. The molecule has 0 aliphatic carbocycles. The van der Waals surface area contributed by atoms with E-state index in [1.54, 1.807) is 0 Å². The van der Waals surface area contributed by atoms with Crippen molar-refractivity contribution in [2.45, 2.75) is 12.5 Å². The first-order valence-corrected chi connectivity index (χ1v) is 6.34. The quantitative estimate of drug-likeness (QED) is 0.667. The Morgan fingerprint density at radius 2 is 2.50 bits per heavy atom. The minimum atomic E-state index is -0.469. The van der Waals surface area contributed by atoms with Gasteiger partial charge in [0, 0.05) is 24.1 Å². The fourth-order valence-electron chi connectivity index (χ4n) is 1.52. The normalized spacial score (nSPS) is 19.7. The minimum absolute atomic E-state index is 0.0654. The topological polar surface area (TPSA) is 68.1 Å². The van der Waals surface area contributed by atoms with Crippen LogP contribution in [0.15, 0.2) is 12.3 Å². The predicted molar refractivity (Wildman–Crippen MR) is 65.3 cm³/mol. The Morgan fingerprint density at radius 3 is 3.12 bits per heavy atom. The second-order valence-corrected chi connectivity index (χ2v) is 5.07. The SMILES string of the molecule is O=[N+]([O-])c1cc(Cl)cnc1NC1CCSC1. The monoisotopic (exact) mass is 259 g/mol. The summed E-state index contributed by atoms with van der Waals surface area (Å²) in [4.78, 5) is 14.3. The Labute approximate surface area is 102 Å². The molecule has 16 heavy (non-hydrogen) atoms. The van der Waals surface area contributed by atoms with E-state index >= 15 is 0 Å². The lowest BCUT2D eigenvalue weighted by Crippen LogP contribution is -2.19. The summed E-state index contributed by atoms with van der Waals surface area (Å²) in [5, 5.41) is 14.2. The van der Waals surface area contributed by atoms with Crippen molar-refractivity contribution in [2.24, 2.45) is 0 Å². The van der Waals surface area contributed by atoms with Crippen LogP contribution in [0.2, 0.25) is 5.02 Å². The van der Waals surface area contributed by atoms with Crippen molar-refractivity contribution in [2.75, 3.05) is 16.8 Å². The molecule has 0 saturated carbocycles. The van der Waals surface area contributed by atoms with Gasteiger partial charge < -0.3 is 5.32 Å². The summed E-state index contributed by atoms with van der Waals surface area (Å²) in [5.74, 6) is 2.35. The number of nitrogens with zero attached hydrogens (tertiary/aromatic N) is 2. The van der Waals surface area contributed by atoms with Crippen LogP contribution in [0.5, 0.6) is 0 Å². The molecule has 1 fully saturated rings. The van der Waals surface area contributed by atoms with Crippen LogP contribution >= 0.6 is 23.4 Å². The third-order valence-corrected chi connectivity index (χ3v) is 3.67. The van der Waals surface area contributed by atoms with Crippen molar-refractivity contribution in [1.29, 1.82) is 0 Å². The second-order valence-electron chi connectivity index (χ2n) is 3.48. The van der Waals surface area contributed by atoms with Crippen LogP contribution < -0.4 is 5.32 Å². The second kappa shape index (κ2) is 4.88. The molecule has 0 bridgehead atoms. The molecule has 5 nitrogen and oxygen atoms in total. The van der Waals surface area contributed by atoms with Gasteiger partial charge in [0.1, 0.15) is 0 Å². The average Bonchev–Trinajstić information content (AvgIpc) is 2.73. The van der Waals surface area contributed by atoms with Crippen LogP contribution in [0.4, 0.5) is 11.5 Å². The molecule has 86 valence electrons. The highest BCUT2D eigenvalue weighted by molar-refractivity contribution is 7.99. The zero-order valence-electron chi connectivity index (χ0n) is 8.35.